The fourth-order valence-corrected chi connectivity index (χ4v) is 3.51. The van der Waals surface area contributed by atoms with Crippen LogP contribution in [-0.2, 0) is 19.6 Å². The maximum absolute atomic E-state index is 12.9. The van der Waals surface area contributed by atoms with E-state index in [-0.39, 0.29) is 22.8 Å². The van der Waals surface area contributed by atoms with E-state index in [1.807, 2.05) is 19.1 Å². The zero-order chi connectivity index (χ0) is 21.1. The fraction of sp³-hybridized carbons (Fsp3) is 0.333. The summed E-state index contributed by atoms with van der Waals surface area (Å²) in [5, 5.41) is 0. The van der Waals surface area contributed by atoms with E-state index in [1.165, 1.54) is 31.3 Å². The number of benzene rings is 2. The molecule has 0 aliphatic heterocycles. The van der Waals surface area contributed by atoms with Crippen LogP contribution in [0, 0.1) is 12.3 Å². The number of anilines is 1. The number of rotatable bonds is 6. The molecule has 0 saturated carbocycles. The lowest BCUT2D eigenvalue weighted by atomic mass is 9.91. The molecular formula is C21H25NO5S. The third kappa shape index (κ3) is 4.98. The molecule has 0 fully saturated rings. The molecule has 2 aromatic rings. The van der Waals surface area contributed by atoms with Gasteiger partial charge in [0.2, 0.25) is 0 Å². The molecule has 28 heavy (non-hydrogen) atoms. The van der Waals surface area contributed by atoms with Crippen molar-refractivity contribution in [3.8, 4) is 0 Å². The monoisotopic (exact) mass is 403 g/mol. The molecule has 0 spiro atoms. The Morgan fingerprint density at radius 1 is 1.04 bits per heavy atom. The van der Waals surface area contributed by atoms with Crippen molar-refractivity contribution < 1.29 is 22.7 Å². The summed E-state index contributed by atoms with van der Waals surface area (Å²) >= 11 is 0. The van der Waals surface area contributed by atoms with E-state index >= 15 is 0 Å². The number of aryl methyl sites for hydroxylation is 1. The molecule has 0 aliphatic rings. The maximum Gasteiger partial charge on any atom is 0.338 e. The molecular weight excluding hydrogens is 378 g/mol. The Bertz CT molecular complexity index is 973. The zero-order valence-corrected chi connectivity index (χ0v) is 17.5. The molecule has 2 rings (SSSR count). The van der Waals surface area contributed by atoms with Gasteiger partial charge in [0, 0.05) is 12.5 Å². The SMILES string of the molecule is Cc1ccc(N(C)S(=O)(=O)c2cccc(C(=O)OCC(=O)C(C)(C)C)c2)cc1. The van der Waals surface area contributed by atoms with Crippen LogP contribution in [0.2, 0.25) is 0 Å². The fourth-order valence-electron chi connectivity index (χ4n) is 2.27. The van der Waals surface area contributed by atoms with Gasteiger partial charge in [-0.3, -0.25) is 9.10 Å². The quantitative estimate of drug-likeness (QED) is 0.689. The van der Waals surface area contributed by atoms with Crippen LogP contribution in [-0.4, -0.2) is 33.8 Å². The second-order valence-corrected chi connectivity index (χ2v) is 9.55. The smallest absolute Gasteiger partial charge is 0.338 e. The first-order valence-electron chi connectivity index (χ1n) is 8.79. The number of esters is 1. The molecule has 150 valence electrons. The second-order valence-electron chi connectivity index (χ2n) is 7.59. The summed E-state index contributed by atoms with van der Waals surface area (Å²) in [7, 11) is -2.41. The van der Waals surface area contributed by atoms with Gasteiger partial charge in [0.1, 0.15) is 0 Å². The molecule has 0 radical (unpaired) electrons. The van der Waals surface area contributed by atoms with Crippen LogP contribution in [0.4, 0.5) is 5.69 Å². The number of carbonyl (C=O) groups excluding carboxylic acids is 2. The Morgan fingerprint density at radius 2 is 1.64 bits per heavy atom. The highest BCUT2D eigenvalue weighted by molar-refractivity contribution is 7.92. The van der Waals surface area contributed by atoms with Crippen molar-refractivity contribution in [3.05, 3.63) is 59.7 Å². The Morgan fingerprint density at radius 3 is 2.21 bits per heavy atom. The molecule has 0 atom stereocenters. The lowest BCUT2D eigenvalue weighted by Gasteiger charge is -2.20. The van der Waals surface area contributed by atoms with Gasteiger partial charge in [0.05, 0.1) is 16.1 Å². The highest BCUT2D eigenvalue weighted by Gasteiger charge is 2.25. The first-order chi connectivity index (χ1) is 12.9. The number of Topliss-reactive ketones (excluding diaryl/α,β-unsaturated/α-hetero) is 1. The predicted molar refractivity (Wildman–Crippen MR) is 108 cm³/mol. The van der Waals surface area contributed by atoms with Crippen LogP contribution in [0.25, 0.3) is 0 Å². The molecule has 2 aromatic carbocycles. The molecule has 0 N–H and O–H groups in total. The second kappa shape index (κ2) is 8.14. The molecule has 0 amide bonds. The van der Waals surface area contributed by atoms with Gasteiger partial charge in [-0.2, -0.15) is 0 Å². The highest BCUT2D eigenvalue weighted by Crippen LogP contribution is 2.23. The third-order valence-electron chi connectivity index (χ3n) is 4.30. The van der Waals surface area contributed by atoms with Crippen LogP contribution < -0.4 is 4.31 Å². The summed E-state index contributed by atoms with van der Waals surface area (Å²) in [6.45, 7) is 6.76. The minimum atomic E-state index is -3.86. The largest absolute Gasteiger partial charge is 0.454 e. The van der Waals surface area contributed by atoms with Gasteiger partial charge in [-0.05, 0) is 37.3 Å². The zero-order valence-electron chi connectivity index (χ0n) is 16.7. The van der Waals surface area contributed by atoms with Crippen molar-refractivity contribution in [1.82, 2.24) is 0 Å². The average molecular weight is 404 g/mol. The Kier molecular flexibility index (Phi) is 6.29. The number of carbonyl (C=O) groups is 2. The summed E-state index contributed by atoms with van der Waals surface area (Å²) in [5.74, 6) is -0.962. The standard InChI is InChI=1S/C21H25NO5S/c1-15-9-11-17(12-10-15)22(5)28(25,26)18-8-6-7-16(13-18)20(24)27-14-19(23)21(2,3)4/h6-13H,14H2,1-5H3. The third-order valence-corrected chi connectivity index (χ3v) is 6.08. The topological polar surface area (TPSA) is 80.8 Å². The number of nitrogens with zero attached hydrogens (tertiary/aromatic N) is 1. The normalized spacial score (nSPS) is 11.8. The van der Waals surface area contributed by atoms with Gasteiger partial charge in [-0.25, -0.2) is 13.2 Å². The van der Waals surface area contributed by atoms with Crippen molar-refractivity contribution in [3.63, 3.8) is 0 Å². The lowest BCUT2D eigenvalue weighted by Crippen LogP contribution is -2.27. The number of ether oxygens (including phenoxy) is 1. The molecule has 0 unspecified atom stereocenters. The van der Waals surface area contributed by atoms with Crippen LogP contribution in [0.15, 0.2) is 53.4 Å². The summed E-state index contributed by atoms with van der Waals surface area (Å²) in [6.07, 6.45) is 0. The van der Waals surface area contributed by atoms with E-state index in [2.05, 4.69) is 0 Å². The molecule has 0 bridgehead atoms. The number of ketones is 1. The van der Waals surface area contributed by atoms with E-state index in [0.717, 1.165) is 9.87 Å². The van der Waals surface area contributed by atoms with Crippen molar-refractivity contribution in [1.29, 1.82) is 0 Å². The van der Waals surface area contributed by atoms with Gasteiger partial charge in [-0.1, -0.05) is 44.5 Å². The van der Waals surface area contributed by atoms with Crippen LogP contribution >= 0.6 is 0 Å². The first kappa shape index (κ1) is 21.6. The van der Waals surface area contributed by atoms with E-state index in [0.29, 0.717) is 5.69 Å². The van der Waals surface area contributed by atoms with Gasteiger partial charge in [0.15, 0.2) is 12.4 Å². The van der Waals surface area contributed by atoms with Crippen molar-refractivity contribution in [2.45, 2.75) is 32.6 Å². The minimum Gasteiger partial charge on any atom is -0.454 e. The van der Waals surface area contributed by atoms with E-state index in [4.69, 9.17) is 4.74 Å². The van der Waals surface area contributed by atoms with E-state index < -0.39 is 21.4 Å². The Labute approximate surface area is 166 Å². The summed E-state index contributed by atoms with van der Waals surface area (Å²) in [5.41, 5.74) is 0.973. The number of hydrogen-bond donors (Lipinski definition) is 0. The molecule has 0 aliphatic carbocycles. The average Bonchev–Trinajstić information content (AvgIpc) is 2.65. The van der Waals surface area contributed by atoms with Gasteiger partial charge in [0.25, 0.3) is 10.0 Å². The Hall–Kier alpha value is -2.67. The van der Waals surface area contributed by atoms with Gasteiger partial charge in [-0.15, -0.1) is 0 Å². The lowest BCUT2D eigenvalue weighted by molar-refractivity contribution is -0.129. The van der Waals surface area contributed by atoms with Gasteiger partial charge < -0.3 is 4.74 Å². The van der Waals surface area contributed by atoms with Crippen LogP contribution in [0.5, 0.6) is 0 Å². The molecule has 0 aromatic heterocycles. The maximum atomic E-state index is 12.9. The summed E-state index contributed by atoms with van der Waals surface area (Å²) in [4.78, 5) is 24.1. The van der Waals surface area contributed by atoms with E-state index in [9.17, 15) is 18.0 Å². The number of sulfonamides is 1. The molecule has 6 nitrogen and oxygen atoms in total. The molecule has 0 heterocycles. The number of hydrogen-bond acceptors (Lipinski definition) is 5. The van der Waals surface area contributed by atoms with Crippen molar-refractivity contribution in [2.24, 2.45) is 5.41 Å². The van der Waals surface area contributed by atoms with E-state index in [1.54, 1.807) is 32.9 Å². The molecule has 0 saturated heterocycles. The summed E-state index contributed by atoms with van der Waals surface area (Å²) < 4.78 is 32.0. The predicted octanol–water partition coefficient (Wildman–Crippen LogP) is 3.59. The minimum absolute atomic E-state index is 0.0350. The molecule has 7 heteroatoms. The van der Waals surface area contributed by atoms with Gasteiger partial charge >= 0.3 is 5.97 Å². The van der Waals surface area contributed by atoms with Crippen molar-refractivity contribution >= 4 is 27.5 Å². The highest BCUT2D eigenvalue weighted by atomic mass is 32.2. The first-order valence-corrected chi connectivity index (χ1v) is 10.2. The Balaban J connectivity index is 2.22. The summed E-state index contributed by atoms with van der Waals surface area (Å²) in [6, 6.07) is 12.7. The van der Waals surface area contributed by atoms with Crippen LogP contribution in [0.1, 0.15) is 36.7 Å². The van der Waals surface area contributed by atoms with Crippen molar-refractivity contribution in [2.75, 3.05) is 18.0 Å². The van der Waals surface area contributed by atoms with Crippen LogP contribution in [0.3, 0.4) is 0 Å².